The molecule has 5 rings (SSSR count). The molecular weight excluding hydrogens is 543 g/mol. The minimum atomic E-state index is -0.110. The highest BCUT2D eigenvalue weighted by molar-refractivity contribution is 8.04. The van der Waals surface area contributed by atoms with Gasteiger partial charge in [-0.1, -0.05) is 108 Å². The van der Waals surface area contributed by atoms with Gasteiger partial charge in [0.1, 0.15) is 5.75 Å². The van der Waals surface area contributed by atoms with Crippen LogP contribution in [-0.4, -0.2) is 16.6 Å². The summed E-state index contributed by atoms with van der Waals surface area (Å²) in [7, 11) is 0. The molecule has 0 aromatic heterocycles. The van der Waals surface area contributed by atoms with E-state index in [2.05, 4.69) is 90.1 Å². The Kier molecular flexibility index (Phi) is 8.04. The van der Waals surface area contributed by atoms with Gasteiger partial charge in [0.2, 0.25) is 5.78 Å². The van der Waals surface area contributed by atoms with Gasteiger partial charge >= 0.3 is 0 Å². The smallest absolute Gasteiger partial charge is 0.201 e. The molecule has 4 aromatic carbocycles. The summed E-state index contributed by atoms with van der Waals surface area (Å²) in [5.41, 5.74) is 4.89. The molecule has 208 valence electrons. The predicted octanol–water partition coefficient (Wildman–Crippen LogP) is 10.1. The van der Waals surface area contributed by atoms with Crippen LogP contribution < -0.4 is 0 Å². The molecule has 1 aliphatic carbocycles. The molecule has 0 heterocycles. The van der Waals surface area contributed by atoms with Crippen LogP contribution in [0.1, 0.15) is 68.6 Å². The Bertz CT molecular complexity index is 1640. The van der Waals surface area contributed by atoms with Gasteiger partial charge in [0.25, 0.3) is 0 Å². The number of hydrogen-bond acceptors (Lipinski definition) is 5. The minimum absolute atomic E-state index is 0.0466. The first-order valence-corrected chi connectivity index (χ1v) is 15.4. The monoisotopic (exact) mass is 577 g/mol. The molecule has 0 unspecified atom stereocenters. The van der Waals surface area contributed by atoms with E-state index in [0.29, 0.717) is 21.7 Å². The minimum Gasteiger partial charge on any atom is -0.507 e. The highest BCUT2D eigenvalue weighted by Gasteiger charge is 2.31. The van der Waals surface area contributed by atoms with Crippen LogP contribution in [0.5, 0.6) is 5.75 Å². The molecule has 0 amide bonds. The quantitative estimate of drug-likeness (QED) is 0.256. The summed E-state index contributed by atoms with van der Waals surface area (Å²) in [6, 6.07) is 30.0. The lowest BCUT2D eigenvalue weighted by Crippen LogP contribution is -2.18. The molecule has 0 fully saturated rings. The lowest BCUT2D eigenvalue weighted by molar-refractivity contribution is 0.103. The van der Waals surface area contributed by atoms with Gasteiger partial charge in [-0.25, -0.2) is 4.99 Å². The predicted molar refractivity (Wildman–Crippen MR) is 173 cm³/mol. The van der Waals surface area contributed by atoms with Gasteiger partial charge in [0, 0.05) is 14.7 Å². The summed E-state index contributed by atoms with van der Waals surface area (Å²) < 4.78 is 0. The van der Waals surface area contributed by atoms with Gasteiger partial charge < -0.3 is 5.11 Å². The maximum Gasteiger partial charge on any atom is 0.201 e. The van der Waals surface area contributed by atoms with E-state index in [0.717, 1.165) is 20.4 Å². The van der Waals surface area contributed by atoms with E-state index in [4.69, 9.17) is 4.99 Å². The van der Waals surface area contributed by atoms with Crippen molar-refractivity contribution in [1.29, 1.82) is 0 Å². The normalized spacial score (nSPS) is 14.6. The lowest BCUT2D eigenvalue weighted by Gasteiger charge is -2.22. The number of thioether (sulfide) groups is 1. The van der Waals surface area contributed by atoms with Crippen molar-refractivity contribution in [2.45, 2.75) is 67.1 Å². The van der Waals surface area contributed by atoms with Crippen LogP contribution in [0.25, 0.3) is 0 Å². The zero-order chi connectivity index (χ0) is 29.4. The Morgan fingerprint density at radius 3 is 1.71 bits per heavy atom. The summed E-state index contributed by atoms with van der Waals surface area (Å²) in [5.74, 6) is -0.0630. The lowest BCUT2D eigenvalue weighted by atomic mass is 9.87. The van der Waals surface area contributed by atoms with E-state index in [9.17, 15) is 9.90 Å². The molecule has 5 heteroatoms. The maximum absolute atomic E-state index is 14.1. The number of carbonyl (C=O) groups excluding carboxylic acids is 1. The highest BCUT2D eigenvalue weighted by atomic mass is 32.2. The maximum atomic E-state index is 14.1. The molecule has 0 aliphatic heterocycles. The van der Waals surface area contributed by atoms with Crippen LogP contribution >= 0.6 is 23.5 Å². The molecular formula is C36H35NO2S2. The van der Waals surface area contributed by atoms with Crippen LogP contribution in [-0.2, 0) is 10.8 Å². The van der Waals surface area contributed by atoms with Gasteiger partial charge in [0.15, 0.2) is 0 Å². The number of rotatable bonds is 5. The van der Waals surface area contributed by atoms with Crippen LogP contribution in [0, 0.1) is 0 Å². The summed E-state index contributed by atoms with van der Waals surface area (Å²) >= 11 is 2.97. The fourth-order valence-electron chi connectivity index (χ4n) is 4.63. The van der Waals surface area contributed by atoms with Gasteiger partial charge in [0.05, 0.1) is 27.4 Å². The van der Waals surface area contributed by atoms with E-state index >= 15 is 0 Å². The van der Waals surface area contributed by atoms with Crippen LogP contribution in [0.3, 0.4) is 0 Å². The molecule has 0 saturated carbocycles. The fourth-order valence-corrected chi connectivity index (χ4v) is 6.48. The number of ketones is 1. The molecule has 0 atom stereocenters. The summed E-state index contributed by atoms with van der Waals surface area (Å²) in [6.07, 6.45) is 1.81. The second kappa shape index (κ2) is 11.4. The molecule has 0 saturated heterocycles. The van der Waals surface area contributed by atoms with E-state index in [-0.39, 0.29) is 22.4 Å². The number of fused-ring (bicyclic) bond motifs is 1. The van der Waals surface area contributed by atoms with Crippen molar-refractivity contribution in [2.75, 3.05) is 0 Å². The molecule has 0 spiro atoms. The third kappa shape index (κ3) is 6.52. The zero-order valence-corrected chi connectivity index (χ0v) is 26.0. The average molecular weight is 578 g/mol. The largest absolute Gasteiger partial charge is 0.507 e. The van der Waals surface area contributed by atoms with Crippen molar-refractivity contribution < 1.29 is 9.90 Å². The molecule has 4 aromatic rings. The Labute approximate surface area is 251 Å². The van der Waals surface area contributed by atoms with E-state index in [1.54, 1.807) is 6.07 Å². The number of nitrogens with zero attached hydrogens (tertiary/aromatic N) is 1. The molecule has 0 radical (unpaired) electrons. The van der Waals surface area contributed by atoms with Gasteiger partial charge in [-0.05, 0) is 76.6 Å². The number of carbonyl (C=O) groups is 1. The van der Waals surface area contributed by atoms with Crippen LogP contribution in [0.4, 0.5) is 5.69 Å². The van der Waals surface area contributed by atoms with Crippen molar-refractivity contribution in [3.63, 3.8) is 0 Å². The Morgan fingerprint density at radius 1 is 0.634 bits per heavy atom. The zero-order valence-electron chi connectivity index (χ0n) is 24.4. The topological polar surface area (TPSA) is 49.7 Å². The fraction of sp³-hybridized carbons (Fsp3) is 0.222. The third-order valence-electron chi connectivity index (χ3n) is 7.02. The number of aliphatic imine (C=N–C) groups is 1. The number of phenolic OH excluding ortho intramolecular Hbond substituents is 1. The van der Waals surface area contributed by atoms with E-state index in [1.807, 2.05) is 42.5 Å². The van der Waals surface area contributed by atoms with E-state index in [1.165, 1.54) is 34.7 Å². The first kappa shape index (κ1) is 29.0. The number of aromatic hydroxyl groups is 1. The molecule has 1 aliphatic rings. The standard InChI is InChI=1S/C36H35NO2S2/c1-35(2,3)23-12-16-26(17-13-23)40-30-21-20-29(38)32-28(37-25-10-8-7-9-11-25)22-31(34(39)33(30)32)41-27-18-14-24(15-19-27)36(4,5)6/h7-22,38H,1-6H3. The second-order valence-electron chi connectivity index (χ2n) is 12.3. The summed E-state index contributed by atoms with van der Waals surface area (Å²) in [6.45, 7) is 13.1. The van der Waals surface area contributed by atoms with Crippen molar-refractivity contribution >= 4 is 40.7 Å². The molecule has 1 N–H and O–H groups in total. The number of hydrogen-bond donors (Lipinski definition) is 1. The second-order valence-corrected chi connectivity index (χ2v) is 14.5. The van der Waals surface area contributed by atoms with Crippen molar-refractivity contribution in [2.24, 2.45) is 4.99 Å². The summed E-state index contributed by atoms with van der Waals surface area (Å²) in [5, 5.41) is 11.0. The van der Waals surface area contributed by atoms with Crippen molar-refractivity contribution in [1.82, 2.24) is 0 Å². The van der Waals surface area contributed by atoms with Crippen LogP contribution in [0.15, 0.2) is 122 Å². The molecule has 0 bridgehead atoms. The number of para-hydroxylation sites is 1. The van der Waals surface area contributed by atoms with Crippen molar-refractivity contribution in [3.8, 4) is 5.75 Å². The summed E-state index contributed by atoms with van der Waals surface area (Å²) in [4.78, 5) is 22.4. The number of phenols is 1. The number of benzene rings is 4. The number of allylic oxidation sites excluding steroid dienone is 2. The average Bonchev–Trinajstić information content (AvgIpc) is 2.92. The Hall–Kier alpha value is -3.54. The van der Waals surface area contributed by atoms with Gasteiger partial charge in [-0.3, -0.25) is 4.79 Å². The highest BCUT2D eigenvalue weighted by Crippen LogP contribution is 2.43. The number of Topliss-reactive ketones (excluding diaryl/α,β-unsaturated/α-hetero) is 1. The van der Waals surface area contributed by atoms with Gasteiger partial charge in [-0.2, -0.15) is 0 Å². The first-order valence-electron chi connectivity index (χ1n) is 13.7. The van der Waals surface area contributed by atoms with E-state index < -0.39 is 0 Å². The Balaban J connectivity index is 1.58. The van der Waals surface area contributed by atoms with Crippen molar-refractivity contribution in [3.05, 3.63) is 124 Å². The molecule has 3 nitrogen and oxygen atoms in total. The third-order valence-corrected chi connectivity index (χ3v) is 9.12. The SMILES string of the molecule is CC(C)(C)c1ccc(SC2=CC(=Nc3ccccc3)c3c(O)ccc(Sc4ccc(C(C)(C)C)cc4)c3C2=O)cc1. The Morgan fingerprint density at radius 2 is 1.17 bits per heavy atom. The molecule has 41 heavy (non-hydrogen) atoms. The van der Waals surface area contributed by atoms with Gasteiger partial charge in [-0.15, -0.1) is 0 Å². The van der Waals surface area contributed by atoms with Crippen LogP contribution in [0.2, 0.25) is 0 Å². The first-order chi connectivity index (χ1) is 19.4.